The summed E-state index contributed by atoms with van der Waals surface area (Å²) in [5, 5.41) is 4.84. The van der Waals surface area contributed by atoms with Crippen molar-refractivity contribution in [3.63, 3.8) is 0 Å². The molecule has 214 valence electrons. The van der Waals surface area contributed by atoms with E-state index in [1.165, 1.54) is 44.2 Å². The number of fused-ring (bicyclic) bond motifs is 7. The van der Waals surface area contributed by atoms with Crippen LogP contribution in [0.3, 0.4) is 0 Å². The van der Waals surface area contributed by atoms with Gasteiger partial charge in [-0.2, -0.15) is 0 Å². The lowest BCUT2D eigenvalue weighted by Crippen LogP contribution is -2.16. The number of furan rings is 1. The fourth-order valence-electron chi connectivity index (χ4n) is 7.28. The molecule has 0 amide bonds. The molecule has 1 heterocycles. The molecule has 1 aliphatic rings. The molecule has 0 spiro atoms. The van der Waals surface area contributed by atoms with Gasteiger partial charge in [0.15, 0.2) is 0 Å². The van der Waals surface area contributed by atoms with Crippen molar-refractivity contribution in [2.75, 3.05) is 4.90 Å². The summed E-state index contributed by atoms with van der Waals surface area (Å²) in [6.07, 6.45) is 0. The molecule has 7 aromatic carbocycles. The SMILES string of the molecule is CC1(C)c2cc(N(c3ccc(-c4ccccc4)cc3)c3ccc4c(c3)oc3ccccc34)ccc2-c2cc3ccccc3cc21. The molecule has 1 aliphatic carbocycles. The summed E-state index contributed by atoms with van der Waals surface area (Å²) < 4.78 is 6.35. The summed E-state index contributed by atoms with van der Waals surface area (Å²) in [6.45, 7) is 4.71. The Balaban J connectivity index is 1.22. The first-order valence-corrected chi connectivity index (χ1v) is 15.6. The molecule has 9 rings (SSSR count). The molecule has 1 aromatic heterocycles. The van der Waals surface area contributed by atoms with E-state index in [-0.39, 0.29) is 5.41 Å². The van der Waals surface area contributed by atoms with E-state index in [1.54, 1.807) is 0 Å². The fraction of sp³-hybridized carbons (Fsp3) is 0.0698. The van der Waals surface area contributed by atoms with Crippen LogP contribution in [-0.2, 0) is 5.41 Å². The van der Waals surface area contributed by atoms with E-state index in [0.29, 0.717) is 0 Å². The molecule has 0 saturated carbocycles. The first-order valence-electron chi connectivity index (χ1n) is 15.6. The van der Waals surface area contributed by atoms with Gasteiger partial charge in [0.25, 0.3) is 0 Å². The molecule has 2 heteroatoms. The van der Waals surface area contributed by atoms with Crippen LogP contribution < -0.4 is 4.90 Å². The second-order valence-electron chi connectivity index (χ2n) is 12.6. The lowest BCUT2D eigenvalue weighted by Gasteiger charge is -2.28. The van der Waals surface area contributed by atoms with Crippen LogP contribution in [-0.4, -0.2) is 0 Å². The van der Waals surface area contributed by atoms with Gasteiger partial charge in [0.1, 0.15) is 11.2 Å². The van der Waals surface area contributed by atoms with Gasteiger partial charge in [0, 0.05) is 39.3 Å². The van der Waals surface area contributed by atoms with Crippen molar-refractivity contribution in [2.45, 2.75) is 19.3 Å². The molecule has 0 fully saturated rings. The maximum Gasteiger partial charge on any atom is 0.137 e. The van der Waals surface area contributed by atoms with Crippen molar-refractivity contribution in [3.05, 3.63) is 163 Å². The van der Waals surface area contributed by atoms with Gasteiger partial charge in [-0.3, -0.25) is 0 Å². The molecule has 0 N–H and O–H groups in total. The predicted octanol–water partition coefficient (Wildman–Crippen LogP) is 12.2. The van der Waals surface area contributed by atoms with Gasteiger partial charge >= 0.3 is 0 Å². The number of hydrogen-bond donors (Lipinski definition) is 0. The minimum atomic E-state index is -0.129. The Bertz CT molecular complexity index is 2400. The van der Waals surface area contributed by atoms with E-state index in [0.717, 1.165) is 39.0 Å². The van der Waals surface area contributed by atoms with Crippen LogP contribution in [0.4, 0.5) is 17.1 Å². The Kier molecular flexibility index (Phi) is 5.58. The van der Waals surface area contributed by atoms with Crippen molar-refractivity contribution < 1.29 is 4.42 Å². The quantitative estimate of drug-likeness (QED) is 0.207. The first-order chi connectivity index (χ1) is 22.0. The van der Waals surface area contributed by atoms with E-state index < -0.39 is 0 Å². The molecule has 0 saturated heterocycles. The molecule has 8 aromatic rings. The van der Waals surface area contributed by atoms with Crippen molar-refractivity contribution in [1.29, 1.82) is 0 Å². The third-order valence-electron chi connectivity index (χ3n) is 9.64. The monoisotopic (exact) mass is 577 g/mol. The summed E-state index contributed by atoms with van der Waals surface area (Å²) in [7, 11) is 0. The molecule has 0 atom stereocenters. The standard InChI is InChI=1S/C43H31NO/c1-43(2)39-25-31-13-7-6-12-30(31)24-38(39)35-22-20-33(26-40(35)43)44(32-18-16-29(17-19-32)28-10-4-3-5-11-28)34-21-23-37-36-14-8-9-15-41(36)45-42(37)27-34/h3-27H,1-2H3. The molecule has 0 unspecified atom stereocenters. The Morgan fingerprint density at radius 3 is 1.87 bits per heavy atom. The number of anilines is 3. The lowest BCUT2D eigenvalue weighted by molar-refractivity contribution is 0.661. The average Bonchev–Trinajstić information content (AvgIpc) is 3.56. The Morgan fingerprint density at radius 1 is 0.444 bits per heavy atom. The van der Waals surface area contributed by atoms with Crippen LogP contribution in [0.1, 0.15) is 25.0 Å². The first kappa shape index (κ1) is 25.9. The average molecular weight is 578 g/mol. The zero-order valence-corrected chi connectivity index (χ0v) is 25.3. The van der Waals surface area contributed by atoms with E-state index in [1.807, 2.05) is 12.1 Å². The van der Waals surface area contributed by atoms with Crippen molar-refractivity contribution in [3.8, 4) is 22.3 Å². The van der Waals surface area contributed by atoms with E-state index >= 15 is 0 Å². The third-order valence-corrected chi connectivity index (χ3v) is 9.64. The highest BCUT2D eigenvalue weighted by Gasteiger charge is 2.36. The predicted molar refractivity (Wildman–Crippen MR) is 189 cm³/mol. The molecular weight excluding hydrogens is 546 g/mol. The summed E-state index contributed by atoms with van der Waals surface area (Å²) in [5.74, 6) is 0. The third kappa shape index (κ3) is 4.03. The maximum atomic E-state index is 6.35. The van der Waals surface area contributed by atoms with Crippen LogP contribution in [0.25, 0.3) is 55.0 Å². The van der Waals surface area contributed by atoms with Gasteiger partial charge in [-0.15, -0.1) is 0 Å². The van der Waals surface area contributed by atoms with Crippen LogP contribution in [0, 0.1) is 0 Å². The molecular formula is C43H31NO. The largest absolute Gasteiger partial charge is 0.456 e. The summed E-state index contributed by atoms with van der Waals surface area (Å²) in [4.78, 5) is 2.36. The van der Waals surface area contributed by atoms with E-state index in [9.17, 15) is 0 Å². The molecule has 2 nitrogen and oxygen atoms in total. The van der Waals surface area contributed by atoms with E-state index in [2.05, 4.69) is 158 Å². The van der Waals surface area contributed by atoms with Crippen molar-refractivity contribution in [2.24, 2.45) is 0 Å². The van der Waals surface area contributed by atoms with Crippen LogP contribution in [0.15, 0.2) is 156 Å². The minimum Gasteiger partial charge on any atom is -0.456 e. The Labute approximate surface area is 262 Å². The Hall–Kier alpha value is -5.60. The highest BCUT2D eigenvalue weighted by atomic mass is 16.3. The van der Waals surface area contributed by atoms with Crippen LogP contribution >= 0.6 is 0 Å². The smallest absolute Gasteiger partial charge is 0.137 e. The minimum absolute atomic E-state index is 0.129. The van der Waals surface area contributed by atoms with Crippen LogP contribution in [0.5, 0.6) is 0 Å². The summed E-state index contributed by atoms with van der Waals surface area (Å²) >= 11 is 0. The fourth-order valence-corrected chi connectivity index (χ4v) is 7.28. The van der Waals surface area contributed by atoms with Gasteiger partial charge in [-0.1, -0.05) is 105 Å². The second kappa shape index (κ2) is 9.70. The zero-order chi connectivity index (χ0) is 30.1. The molecule has 0 bridgehead atoms. The highest BCUT2D eigenvalue weighted by Crippen LogP contribution is 2.52. The number of benzene rings is 7. The maximum absolute atomic E-state index is 6.35. The number of hydrogen-bond acceptors (Lipinski definition) is 2. The second-order valence-corrected chi connectivity index (χ2v) is 12.6. The lowest BCUT2D eigenvalue weighted by atomic mass is 9.81. The van der Waals surface area contributed by atoms with Gasteiger partial charge in [0.2, 0.25) is 0 Å². The highest BCUT2D eigenvalue weighted by molar-refractivity contribution is 6.06. The van der Waals surface area contributed by atoms with Crippen LogP contribution in [0.2, 0.25) is 0 Å². The summed E-state index contributed by atoms with van der Waals surface area (Å²) in [5.41, 5.74) is 12.8. The normalized spacial score (nSPS) is 13.3. The summed E-state index contributed by atoms with van der Waals surface area (Å²) in [6, 6.07) is 54.7. The van der Waals surface area contributed by atoms with Gasteiger partial charge in [-0.25, -0.2) is 0 Å². The molecule has 45 heavy (non-hydrogen) atoms. The number of rotatable bonds is 4. The van der Waals surface area contributed by atoms with E-state index in [4.69, 9.17) is 4.42 Å². The van der Waals surface area contributed by atoms with Gasteiger partial charge < -0.3 is 9.32 Å². The molecule has 0 aliphatic heterocycles. The van der Waals surface area contributed by atoms with Gasteiger partial charge in [-0.05, 0) is 98.8 Å². The topological polar surface area (TPSA) is 16.4 Å². The number of para-hydroxylation sites is 1. The van der Waals surface area contributed by atoms with Gasteiger partial charge in [0.05, 0.1) is 0 Å². The number of nitrogens with zero attached hydrogens (tertiary/aromatic N) is 1. The molecule has 0 radical (unpaired) electrons. The Morgan fingerprint density at radius 2 is 1.04 bits per heavy atom. The zero-order valence-electron chi connectivity index (χ0n) is 25.3. The van der Waals surface area contributed by atoms with Crippen molar-refractivity contribution >= 4 is 49.8 Å². The van der Waals surface area contributed by atoms with Crippen molar-refractivity contribution in [1.82, 2.24) is 0 Å².